The summed E-state index contributed by atoms with van der Waals surface area (Å²) in [4.78, 5) is 0. The largest absolute Gasteiger partial charge is 0.380 e. The van der Waals surface area contributed by atoms with Gasteiger partial charge in [0.15, 0.2) is 0 Å². The van der Waals surface area contributed by atoms with Gasteiger partial charge in [-0.2, -0.15) is 5.10 Å². The summed E-state index contributed by atoms with van der Waals surface area (Å²) in [5.41, 5.74) is 3.49. The van der Waals surface area contributed by atoms with Crippen molar-refractivity contribution in [3.8, 4) is 0 Å². The summed E-state index contributed by atoms with van der Waals surface area (Å²) < 4.78 is 6.96. The molecule has 0 saturated heterocycles. The van der Waals surface area contributed by atoms with Crippen molar-refractivity contribution >= 4 is 11.6 Å². The zero-order valence-electron chi connectivity index (χ0n) is 8.33. The molecule has 0 spiro atoms. The van der Waals surface area contributed by atoms with E-state index in [1.807, 2.05) is 14.0 Å². The molecule has 1 atom stereocenters. The smallest absolute Gasteiger partial charge is 0.0877 e. The van der Waals surface area contributed by atoms with E-state index < -0.39 is 0 Å². The molecule has 0 radical (unpaired) electrons. The maximum absolute atomic E-state index is 5.96. The number of aryl methyl sites for hydroxylation is 1. The summed E-state index contributed by atoms with van der Waals surface area (Å²) in [6.45, 7) is 3.05. The van der Waals surface area contributed by atoms with E-state index in [4.69, 9.17) is 22.2 Å². The van der Waals surface area contributed by atoms with Gasteiger partial charge in [-0.1, -0.05) is 11.6 Å². The molecule has 0 bridgehead atoms. The Labute approximate surface area is 88.1 Å². The Kier molecular flexibility index (Phi) is 4.34. The van der Waals surface area contributed by atoms with Crippen LogP contribution < -0.4 is 11.3 Å². The number of rotatable bonds is 5. The zero-order chi connectivity index (χ0) is 10.6. The Morgan fingerprint density at radius 3 is 2.93 bits per heavy atom. The van der Waals surface area contributed by atoms with Crippen LogP contribution in [-0.4, -0.2) is 23.0 Å². The van der Waals surface area contributed by atoms with Crippen LogP contribution in [-0.2, 0) is 11.8 Å². The van der Waals surface area contributed by atoms with Gasteiger partial charge in [0.05, 0.1) is 29.6 Å². The standard InChI is InChI=1S/C8H15ClN4O/c1-3-14-5-7(12-10)8-6(9)4-11-13(8)2/h4,7,12H,3,5,10H2,1-2H3. The van der Waals surface area contributed by atoms with E-state index in [1.165, 1.54) is 0 Å². The second kappa shape index (κ2) is 5.31. The number of nitrogens with zero attached hydrogens (tertiary/aromatic N) is 2. The summed E-state index contributed by atoms with van der Waals surface area (Å²) in [6, 6.07) is -0.130. The van der Waals surface area contributed by atoms with Crippen LogP contribution in [0.25, 0.3) is 0 Å². The number of aromatic nitrogens is 2. The lowest BCUT2D eigenvalue weighted by Crippen LogP contribution is -2.33. The van der Waals surface area contributed by atoms with Crippen LogP contribution in [0, 0.1) is 0 Å². The van der Waals surface area contributed by atoms with Gasteiger partial charge in [-0.15, -0.1) is 0 Å². The van der Waals surface area contributed by atoms with Crippen molar-refractivity contribution in [3.63, 3.8) is 0 Å². The Bertz CT molecular complexity index is 269. The van der Waals surface area contributed by atoms with Crippen molar-refractivity contribution in [1.29, 1.82) is 0 Å². The van der Waals surface area contributed by atoms with Crippen LogP contribution in [0.3, 0.4) is 0 Å². The topological polar surface area (TPSA) is 65.1 Å². The molecule has 5 nitrogen and oxygen atoms in total. The van der Waals surface area contributed by atoms with Crippen molar-refractivity contribution in [1.82, 2.24) is 15.2 Å². The van der Waals surface area contributed by atoms with Gasteiger partial charge in [-0.05, 0) is 6.92 Å². The molecule has 1 aromatic heterocycles. The first-order valence-electron chi connectivity index (χ1n) is 4.42. The molecule has 0 aliphatic heterocycles. The highest BCUT2D eigenvalue weighted by atomic mass is 35.5. The maximum atomic E-state index is 5.96. The third kappa shape index (κ3) is 2.45. The number of ether oxygens (including phenoxy) is 1. The van der Waals surface area contributed by atoms with Gasteiger partial charge in [0.1, 0.15) is 0 Å². The van der Waals surface area contributed by atoms with Crippen LogP contribution in [0.2, 0.25) is 5.02 Å². The fourth-order valence-electron chi connectivity index (χ4n) is 1.25. The monoisotopic (exact) mass is 218 g/mol. The van der Waals surface area contributed by atoms with Gasteiger partial charge < -0.3 is 4.74 Å². The molecule has 0 aliphatic carbocycles. The summed E-state index contributed by atoms with van der Waals surface area (Å²) in [5.74, 6) is 5.41. The van der Waals surface area contributed by atoms with Gasteiger partial charge in [-0.25, -0.2) is 5.43 Å². The average molecular weight is 219 g/mol. The van der Waals surface area contributed by atoms with E-state index in [0.29, 0.717) is 18.2 Å². The molecule has 6 heteroatoms. The molecule has 0 fully saturated rings. The highest BCUT2D eigenvalue weighted by Crippen LogP contribution is 2.21. The van der Waals surface area contributed by atoms with E-state index in [0.717, 1.165) is 5.69 Å². The molecule has 80 valence electrons. The minimum absolute atomic E-state index is 0.130. The van der Waals surface area contributed by atoms with Gasteiger partial charge in [0, 0.05) is 13.7 Å². The van der Waals surface area contributed by atoms with Crippen LogP contribution in [0.5, 0.6) is 0 Å². The summed E-state index contributed by atoms with van der Waals surface area (Å²) >= 11 is 5.96. The molecule has 1 rings (SSSR count). The predicted molar refractivity (Wildman–Crippen MR) is 54.8 cm³/mol. The Morgan fingerprint density at radius 1 is 1.79 bits per heavy atom. The van der Waals surface area contributed by atoms with Gasteiger partial charge in [0.2, 0.25) is 0 Å². The highest BCUT2D eigenvalue weighted by Gasteiger charge is 2.17. The van der Waals surface area contributed by atoms with Crippen molar-refractivity contribution in [2.75, 3.05) is 13.2 Å². The third-order valence-electron chi connectivity index (χ3n) is 1.96. The lowest BCUT2D eigenvalue weighted by atomic mass is 10.2. The van der Waals surface area contributed by atoms with E-state index in [2.05, 4.69) is 10.5 Å². The molecule has 1 heterocycles. The highest BCUT2D eigenvalue weighted by molar-refractivity contribution is 6.31. The molecule has 3 N–H and O–H groups in total. The fourth-order valence-corrected chi connectivity index (χ4v) is 1.55. The van der Waals surface area contributed by atoms with Crippen LogP contribution in [0.1, 0.15) is 18.7 Å². The van der Waals surface area contributed by atoms with Crippen molar-refractivity contribution in [2.24, 2.45) is 12.9 Å². The average Bonchev–Trinajstić information content (AvgIpc) is 2.50. The summed E-state index contributed by atoms with van der Waals surface area (Å²) in [7, 11) is 1.82. The fraction of sp³-hybridized carbons (Fsp3) is 0.625. The summed E-state index contributed by atoms with van der Waals surface area (Å²) in [5, 5.41) is 4.62. The predicted octanol–water partition coefficient (Wildman–Crippen LogP) is 0.614. The first-order chi connectivity index (χ1) is 6.70. The number of halogens is 1. The molecule has 0 aromatic carbocycles. The molecule has 0 amide bonds. The third-order valence-corrected chi connectivity index (χ3v) is 2.25. The van der Waals surface area contributed by atoms with E-state index >= 15 is 0 Å². The second-order valence-electron chi connectivity index (χ2n) is 2.88. The zero-order valence-corrected chi connectivity index (χ0v) is 9.08. The minimum atomic E-state index is -0.130. The molecule has 0 saturated carbocycles. The molecule has 0 aliphatic rings. The van der Waals surface area contributed by atoms with Crippen LogP contribution >= 0.6 is 11.6 Å². The number of hydrogen-bond donors (Lipinski definition) is 2. The quantitative estimate of drug-likeness (QED) is 0.562. The van der Waals surface area contributed by atoms with E-state index in [-0.39, 0.29) is 6.04 Å². The molecule has 1 unspecified atom stereocenters. The van der Waals surface area contributed by atoms with Crippen molar-refractivity contribution in [3.05, 3.63) is 16.9 Å². The second-order valence-corrected chi connectivity index (χ2v) is 3.29. The minimum Gasteiger partial charge on any atom is -0.380 e. The van der Waals surface area contributed by atoms with Crippen molar-refractivity contribution < 1.29 is 4.74 Å². The van der Waals surface area contributed by atoms with Crippen LogP contribution in [0.4, 0.5) is 0 Å². The first-order valence-corrected chi connectivity index (χ1v) is 4.79. The SMILES string of the molecule is CCOCC(NN)c1c(Cl)cnn1C. The van der Waals surface area contributed by atoms with E-state index in [1.54, 1.807) is 10.9 Å². The molecular weight excluding hydrogens is 204 g/mol. The lowest BCUT2D eigenvalue weighted by Gasteiger charge is -2.16. The lowest BCUT2D eigenvalue weighted by molar-refractivity contribution is 0.121. The summed E-state index contributed by atoms with van der Waals surface area (Å²) in [6.07, 6.45) is 1.59. The Morgan fingerprint density at radius 2 is 2.50 bits per heavy atom. The Balaban J connectivity index is 2.77. The van der Waals surface area contributed by atoms with E-state index in [9.17, 15) is 0 Å². The van der Waals surface area contributed by atoms with Crippen LogP contribution in [0.15, 0.2) is 6.20 Å². The van der Waals surface area contributed by atoms with Crippen molar-refractivity contribution in [2.45, 2.75) is 13.0 Å². The van der Waals surface area contributed by atoms with Gasteiger partial charge in [0.25, 0.3) is 0 Å². The molecule has 1 aromatic rings. The molecule has 14 heavy (non-hydrogen) atoms. The number of hydrogen-bond acceptors (Lipinski definition) is 4. The first kappa shape index (κ1) is 11.5. The number of nitrogens with one attached hydrogen (secondary N) is 1. The maximum Gasteiger partial charge on any atom is 0.0877 e. The van der Waals surface area contributed by atoms with Gasteiger partial charge >= 0.3 is 0 Å². The molecular formula is C8H15ClN4O. The Hall–Kier alpha value is -0.620. The number of nitrogens with two attached hydrogens (primary N) is 1. The van der Waals surface area contributed by atoms with Gasteiger partial charge in [-0.3, -0.25) is 10.5 Å². The normalized spacial score (nSPS) is 13.1. The number of hydrazine groups is 1.